The van der Waals surface area contributed by atoms with Gasteiger partial charge in [-0.3, -0.25) is 9.59 Å². The second kappa shape index (κ2) is 24.9. The van der Waals surface area contributed by atoms with E-state index in [-0.39, 0.29) is 94.8 Å². The van der Waals surface area contributed by atoms with Gasteiger partial charge in [0.15, 0.2) is 5.75 Å². The Balaban J connectivity index is 0.000000290. The minimum atomic E-state index is -1.16. The number of halogens is 7. The molecular formula is C41H29Cl7N2NaO10. The average molecular weight is 981 g/mol. The van der Waals surface area contributed by atoms with Crippen LogP contribution in [0.25, 0.3) is 10.8 Å². The molecular weight excluding hydrogens is 952 g/mol. The van der Waals surface area contributed by atoms with E-state index in [0.717, 1.165) is 10.8 Å². The van der Waals surface area contributed by atoms with Gasteiger partial charge < -0.3 is 36.2 Å². The van der Waals surface area contributed by atoms with Gasteiger partial charge in [0.2, 0.25) is 0 Å². The SMILES string of the molecule is COc1c(Cl)ccc(Cl)c1C(=O)O.Nc1cc(Cl)cc(C(=O)O)c1Cl.O=C(O)Cc1c(Cl)ccc(Cl)c1Cl.O=C(O)c1ccccc1C(=O)Nc1cccc2ccccc12.[Na]. The molecule has 0 bridgehead atoms. The van der Waals surface area contributed by atoms with Crippen LogP contribution in [0.2, 0.25) is 35.2 Å². The van der Waals surface area contributed by atoms with Crippen LogP contribution in [0.5, 0.6) is 5.75 Å². The molecule has 0 aromatic heterocycles. The summed E-state index contributed by atoms with van der Waals surface area (Å²) in [6, 6.07) is 28.0. The number of aromatic carboxylic acids is 3. The molecule has 0 saturated carbocycles. The predicted octanol–water partition coefficient (Wildman–Crippen LogP) is 11.7. The number of carbonyl (C=O) groups excluding carboxylic acids is 1. The summed E-state index contributed by atoms with van der Waals surface area (Å²) in [5.41, 5.74) is 6.49. The summed E-state index contributed by atoms with van der Waals surface area (Å²) in [7, 11) is 1.34. The first-order valence-electron chi connectivity index (χ1n) is 16.5. The number of nitrogen functional groups attached to an aromatic ring is 1. The zero-order chi connectivity index (χ0) is 44.8. The van der Waals surface area contributed by atoms with Crippen LogP contribution in [0.15, 0.2) is 103 Å². The third kappa shape index (κ3) is 14.9. The minimum absolute atomic E-state index is 0. The molecule has 7 N–H and O–H groups in total. The maximum atomic E-state index is 12.4. The van der Waals surface area contributed by atoms with E-state index in [1.165, 1.54) is 55.6 Å². The number of methoxy groups -OCH3 is 1. The van der Waals surface area contributed by atoms with Gasteiger partial charge >= 0.3 is 23.9 Å². The Labute approximate surface area is 404 Å². The molecule has 0 aliphatic rings. The zero-order valence-electron chi connectivity index (χ0n) is 31.5. The molecule has 0 saturated heterocycles. The van der Waals surface area contributed by atoms with E-state index in [9.17, 15) is 29.1 Å². The van der Waals surface area contributed by atoms with Gasteiger partial charge in [0.1, 0.15) is 5.56 Å². The molecule has 1 radical (unpaired) electrons. The first-order valence-corrected chi connectivity index (χ1v) is 19.1. The number of nitrogens with two attached hydrogens (primary N) is 1. The van der Waals surface area contributed by atoms with Crippen LogP contribution in [0, 0.1) is 0 Å². The van der Waals surface area contributed by atoms with Crippen LogP contribution in [-0.4, -0.2) is 86.9 Å². The van der Waals surface area contributed by atoms with E-state index < -0.39 is 29.8 Å². The van der Waals surface area contributed by atoms with Crippen molar-refractivity contribution in [1.82, 2.24) is 0 Å². The number of carbonyl (C=O) groups is 5. The Morgan fingerprint density at radius 1 is 0.607 bits per heavy atom. The van der Waals surface area contributed by atoms with E-state index in [1.54, 1.807) is 18.2 Å². The van der Waals surface area contributed by atoms with E-state index in [1.807, 2.05) is 36.4 Å². The average Bonchev–Trinajstić information content (AvgIpc) is 3.20. The number of aliphatic carboxylic acids is 1. The first-order chi connectivity index (χ1) is 28.3. The van der Waals surface area contributed by atoms with Crippen LogP contribution >= 0.6 is 81.2 Å². The number of anilines is 2. The van der Waals surface area contributed by atoms with Crippen LogP contribution in [0.3, 0.4) is 0 Å². The Morgan fingerprint density at radius 2 is 1.15 bits per heavy atom. The summed E-state index contributed by atoms with van der Waals surface area (Å²) in [5, 5.41) is 41.3. The van der Waals surface area contributed by atoms with Gasteiger partial charge in [0, 0.05) is 56.2 Å². The molecule has 0 fully saturated rings. The zero-order valence-corrected chi connectivity index (χ0v) is 38.8. The van der Waals surface area contributed by atoms with Crippen molar-refractivity contribution in [2.75, 3.05) is 18.2 Å². The Kier molecular flexibility index (Phi) is 21.5. The molecule has 0 spiro atoms. The Bertz CT molecular complexity index is 2590. The number of benzene rings is 6. The number of carboxylic acid groups (broad SMARTS) is 4. The molecule has 20 heteroatoms. The van der Waals surface area contributed by atoms with E-state index >= 15 is 0 Å². The summed E-state index contributed by atoms with van der Waals surface area (Å²) in [4.78, 5) is 55.3. The fraction of sp³-hybridized carbons (Fsp3) is 0.0488. The van der Waals surface area contributed by atoms with Gasteiger partial charge in [-0.2, -0.15) is 0 Å². The topological polar surface area (TPSA) is 214 Å². The van der Waals surface area contributed by atoms with Crippen molar-refractivity contribution in [2.45, 2.75) is 6.42 Å². The number of amides is 1. The van der Waals surface area contributed by atoms with Gasteiger partial charge in [-0.05, 0) is 60.0 Å². The standard InChI is InChI=1S/C18H13NO3.C8H5Cl3O2.C8H6Cl2O3.C7H5Cl2NO2.Na/c20-17(14-9-3-4-10-15(14)18(21)22)19-16-11-5-7-12-6-1-2-8-13(12)16;9-5-1-2-6(10)8(11)4(5)3-7(12)13;1-13-7-5(10)3-2-4(9)6(7)8(11)12;8-3-1-4(7(11)12)6(9)5(10)2-3;/h1-11H,(H,19,20)(H,21,22);1-2H,3H2,(H,12,13);2-3H,1H3,(H,11,12);1-2H,10H2,(H,11,12);. The predicted molar refractivity (Wildman–Crippen MR) is 242 cm³/mol. The van der Waals surface area contributed by atoms with Crippen LogP contribution < -0.4 is 15.8 Å². The van der Waals surface area contributed by atoms with Crippen molar-refractivity contribution in [2.24, 2.45) is 0 Å². The van der Waals surface area contributed by atoms with Crippen LogP contribution in [0.1, 0.15) is 47.0 Å². The monoisotopic (exact) mass is 977 g/mol. The number of carboxylic acids is 4. The summed E-state index contributed by atoms with van der Waals surface area (Å²) in [6.07, 6.45) is -0.224. The van der Waals surface area contributed by atoms with E-state index in [2.05, 4.69) is 5.32 Å². The third-order valence-corrected chi connectivity index (χ3v) is 10.1. The number of nitrogens with one attached hydrogen (secondary N) is 1. The number of fused-ring (bicyclic) bond motifs is 1. The van der Waals surface area contributed by atoms with Gasteiger partial charge in [-0.1, -0.05) is 130 Å². The normalized spacial score (nSPS) is 9.90. The fourth-order valence-electron chi connectivity index (χ4n) is 4.97. The molecule has 0 heterocycles. The summed E-state index contributed by atoms with van der Waals surface area (Å²) < 4.78 is 4.82. The molecule has 0 aliphatic carbocycles. The molecule has 6 aromatic rings. The molecule has 313 valence electrons. The third-order valence-electron chi connectivity index (χ3n) is 7.68. The Morgan fingerprint density at radius 3 is 1.72 bits per heavy atom. The van der Waals surface area contributed by atoms with Crippen LogP contribution in [0.4, 0.5) is 11.4 Å². The smallest absolute Gasteiger partial charge is 0.341 e. The van der Waals surface area contributed by atoms with E-state index in [0.29, 0.717) is 21.3 Å². The van der Waals surface area contributed by atoms with Crippen molar-refractivity contribution < 1.29 is 49.1 Å². The van der Waals surface area contributed by atoms with Gasteiger partial charge in [0.05, 0.1) is 61.0 Å². The maximum Gasteiger partial charge on any atom is 0.341 e. The summed E-state index contributed by atoms with van der Waals surface area (Å²) in [6.45, 7) is 0. The minimum Gasteiger partial charge on any atom is -0.494 e. The Hall–Kier alpha value is -4.44. The van der Waals surface area contributed by atoms with E-state index in [4.69, 9.17) is 107 Å². The van der Waals surface area contributed by atoms with Gasteiger partial charge in [-0.25, -0.2) is 14.4 Å². The van der Waals surface area contributed by atoms with Crippen molar-refractivity contribution in [3.63, 3.8) is 0 Å². The number of hydrogen-bond donors (Lipinski definition) is 6. The van der Waals surface area contributed by atoms with Crippen molar-refractivity contribution in [1.29, 1.82) is 0 Å². The number of ether oxygens (including phenoxy) is 1. The molecule has 6 aromatic carbocycles. The summed E-state index contributed by atoms with van der Waals surface area (Å²) in [5.74, 6) is -4.77. The number of hydrogen-bond acceptors (Lipinski definition) is 7. The largest absolute Gasteiger partial charge is 0.494 e. The van der Waals surface area contributed by atoms with Crippen molar-refractivity contribution in [3.05, 3.63) is 166 Å². The quantitative estimate of drug-likeness (QED) is 0.0479. The van der Waals surface area contributed by atoms with Crippen molar-refractivity contribution in [3.8, 4) is 5.75 Å². The molecule has 6 rings (SSSR count). The molecule has 0 unspecified atom stereocenters. The van der Waals surface area contributed by atoms with Crippen LogP contribution in [-0.2, 0) is 11.2 Å². The first kappa shape index (κ1) is 52.7. The summed E-state index contributed by atoms with van der Waals surface area (Å²) >= 11 is 39.7. The fourth-order valence-corrected chi connectivity index (χ4v) is 6.53. The molecule has 0 aliphatic heterocycles. The van der Waals surface area contributed by atoms with Crippen molar-refractivity contribution >= 4 is 163 Å². The molecule has 1 amide bonds. The maximum absolute atomic E-state index is 12.4. The molecule has 12 nitrogen and oxygen atoms in total. The second-order valence-corrected chi connectivity index (χ2v) is 14.4. The number of rotatable bonds is 8. The second-order valence-electron chi connectivity index (χ2n) is 11.6. The van der Waals surface area contributed by atoms with Gasteiger partial charge in [-0.15, -0.1) is 0 Å². The van der Waals surface area contributed by atoms with Gasteiger partial charge in [0.25, 0.3) is 5.91 Å². The molecule has 0 atom stereocenters. The molecule has 61 heavy (non-hydrogen) atoms.